The SMILES string of the molecule is COc1ccc(N2CSC3=C(C#N)[C@H](c4cc(OC)ccc4OC)CC(=O)N3C2)c(OC)c1. The smallest absolute Gasteiger partial charge is 0.229 e. The fourth-order valence-corrected chi connectivity index (χ4v) is 5.30. The number of rotatable bonds is 6. The molecule has 2 aromatic carbocycles. The van der Waals surface area contributed by atoms with Gasteiger partial charge in [0.15, 0.2) is 0 Å². The molecule has 33 heavy (non-hydrogen) atoms. The van der Waals surface area contributed by atoms with E-state index >= 15 is 0 Å². The summed E-state index contributed by atoms with van der Waals surface area (Å²) < 4.78 is 21.7. The van der Waals surface area contributed by atoms with Crippen LogP contribution in [-0.4, -0.2) is 51.8 Å². The van der Waals surface area contributed by atoms with Gasteiger partial charge >= 0.3 is 0 Å². The fraction of sp³-hybridized carbons (Fsp3) is 0.333. The second-order valence-corrected chi connectivity index (χ2v) is 8.44. The summed E-state index contributed by atoms with van der Waals surface area (Å²) in [4.78, 5) is 17.0. The lowest BCUT2D eigenvalue weighted by Crippen LogP contribution is -2.47. The van der Waals surface area contributed by atoms with E-state index in [0.717, 1.165) is 11.3 Å². The van der Waals surface area contributed by atoms with Crippen LogP contribution in [0.25, 0.3) is 0 Å². The predicted octanol–water partition coefficient (Wildman–Crippen LogP) is 3.94. The molecule has 4 rings (SSSR count). The molecule has 0 radical (unpaired) electrons. The van der Waals surface area contributed by atoms with Crippen molar-refractivity contribution in [3.63, 3.8) is 0 Å². The molecule has 1 atom stereocenters. The van der Waals surface area contributed by atoms with E-state index in [1.165, 1.54) is 11.8 Å². The average molecular weight is 468 g/mol. The first kappa shape index (κ1) is 22.7. The van der Waals surface area contributed by atoms with Crippen LogP contribution in [0.3, 0.4) is 0 Å². The van der Waals surface area contributed by atoms with Gasteiger partial charge in [-0.25, -0.2) is 0 Å². The third-order valence-corrected chi connectivity index (χ3v) is 6.99. The van der Waals surface area contributed by atoms with E-state index in [1.807, 2.05) is 29.2 Å². The number of nitrogens with zero attached hydrogens (tertiary/aromatic N) is 3. The number of methoxy groups -OCH3 is 4. The standard InChI is InChI=1S/C24H25N3O5S/c1-29-15-6-8-21(31-3)18(9-15)17-11-23(28)27-13-26(14-33-24(27)19(17)12-25)20-7-5-16(30-2)10-22(20)32-4/h5-10,17H,11,13-14H2,1-4H3/t17-/m0/s1. The molecule has 0 unspecified atom stereocenters. The molecular weight excluding hydrogens is 442 g/mol. The van der Waals surface area contributed by atoms with Crippen molar-refractivity contribution in [2.24, 2.45) is 0 Å². The van der Waals surface area contributed by atoms with E-state index in [2.05, 4.69) is 6.07 Å². The lowest BCUT2D eigenvalue weighted by Gasteiger charge is -2.42. The summed E-state index contributed by atoms with van der Waals surface area (Å²) in [5.74, 6) is 2.74. The molecule has 2 heterocycles. The number of fused-ring (bicyclic) bond motifs is 1. The Morgan fingerprint density at radius 2 is 1.67 bits per heavy atom. The monoisotopic (exact) mass is 467 g/mol. The van der Waals surface area contributed by atoms with Crippen LogP contribution in [0.15, 0.2) is 47.0 Å². The van der Waals surface area contributed by atoms with Gasteiger partial charge < -0.3 is 23.8 Å². The number of hydrogen-bond acceptors (Lipinski definition) is 8. The normalized spacial score (nSPS) is 17.9. The number of hydrogen-bond donors (Lipinski definition) is 0. The Balaban J connectivity index is 1.70. The summed E-state index contributed by atoms with van der Waals surface area (Å²) in [6.45, 7) is 0.330. The molecule has 0 aliphatic carbocycles. The Morgan fingerprint density at radius 3 is 2.33 bits per heavy atom. The van der Waals surface area contributed by atoms with Crippen molar-refractivity contribution in [1.29, 1.82) is 5.26 Å². The van der Waals surface area contributed by atoms with Crippen LogP contribution in [-0.2, 0) is 4.79 Å². The van der Waals surface area contributed by atoms with Gasteiger partial charge in [-0.2, -0.15) is 5.26 Å². The Bertz CT molecular complexity index is 1140. The van der Waals surface area contributed by atoms with Crippen molar-refractivity contribution in [3.05, 3.63) is 52.6 Å². The maximum Gasteiger partial charge on any atom is 0.229 e. The molecule has 2 aromatic rings. The molecule has 0 saturated carbocycles. The van der Waals surface area contributed by atoms with E-state index in [0.29, 0.717) is 46.1 Å². The average Bonchev–Trinajstić information content (AvgIpc) is 2.87. The van der Waals surface area contributed by atoms with Crippen molar-refractivity contribution in [3.8, 4) is 29.1 Å². The highest BCUT2D eigenvalue weighted by Crippen LogP contribution is 2.46. The number of nitriles is 1. The van der Waals surface area contributed by atoms with Crippen LogP contribution in [0.4, 0.5) is 5.69 Å². The van der Waals surface area contributed by atoms with Gasteiger partial charge in [-0.3, -0.25) is 9.69 Å². The fourth-order valence-electron chi connectivity index (χ4n) is 4.14. The molecule has 0 bridgehead atoms. The largest absolute Gasteiger partial charge is 0.497 e. The number of thioether (sulfide) groups is 1. The quantitative estimate of drug-likeness (QED) is 0.632. The molecule has 0 N–H and O–H groups in total. The molecule has 2 aliphatic heterocycles. The van der Waals surface area contributed by atoms with E-state index in [4.69, 9.17) is 18.9 Å². The summed E-state index contributed by atoms with van der Waals surface area (Å²) in [5, 5.41) is 10.8. The number of amides is 1. The van der Waals surface area contributed by atoms with Gasteiger partial charge in [-0.1, -0.05) is 11.8 Å². The molecule has 8 nitrogen and oxygen atoms in total. The number of ether oxygens (including phenoxy) is 4. The van der Waals surface area contributed by atoms with Gasteiger partial charge in [0, 0.05) is 24.0 Å². The van der Waals surface area contributed by atoms with Crippen LogP contribution >= 0.6 is 11.8 Å². The van der Waals surface area contributed by atoms with Crippen LogP contribution < -0.4 is 23.8 Å². The Morgan fingerprint density at radius 1 is 0.970 bits per heavy atom. The molecule has 2 aliphatic rings. The van der Waals surface area contributed by atoms with E-state index < -0.39 is 5.92 Å². The molecule has 172 valence electrons. The number of carbonyl (C=O) groups excluding carboxylic acids is 1. The molecule has 1 fully saturated rings. The van der Waals surface area contributed by atoms with Gasteiger partial charge in [0.25, 0.3) is 0 Å². The summed E-state index contributed by atoms with van der Waals surface area (Å²) in [6.07, 6.45) is 0.171. The van der Waals surface area contributed by atoms with E-state index in [-0.39, 0.29) is 12.3 Å². The topological polar surface area (TPSA) is 84.3 Å². The number of anilines is 1. The van der Waals surface area contributed by atoms with Crippen LogP contribution in [0.2, 0.25) is 0 Å². The molecule has 0 spiro atoms. The lowest BCUT2D eigenvalue weighted by molar-refractivity contribution is -0.129. The summed E-state index contributed by atoms with van der Waals surface area (Å²) in [5.41, 5.74) is 2.19. The number of allylic oxidation sites excluding steroid dienone is 1. The first-order valence-corrected chi connectivity index (χ1v) is 11.3. The molecule has 0 aromatic heterocycles. The number of benzene rings is 2. The Hall–Kier alpha value is -3.51. The maximum atomic E-state index is 13.3. The van der Waals surface area contributed by atoms with Crippen LogP contribution in [0.1, 0.15) is 17.9 Å². The van der Waals surface area contributed by atoms with Crippen molar-refractivity contribution in [1.82, 2.24) is 4.90 Å². The Labute approximate surface area is 197 Å². The zero-order valence-corrected chi connectivity index (χ0v) is 19.8. The highest BCUT2D eigenvalue weighted by molar-refractivity contribution is 8.03. The van der Waals surface area contributed by atoms with Gasteiger partial charge in [0.05, 0.1) is 63.3 Å². The van der Waals surface area contributed by atoms with Gasteiger partial charge in [-0.15, -0.1) is 0 Å². The zero-order valence-electron chi connectivity index (χ0n) is 19.0. The van der Waals surface area contributed by atoms with E-state index in [9.17, 15) is 10.1 Å². The minimum atomic E-state index is -0.395. The van der Waals surface area contributed by atoms with Crippen molar-refractivity contribution in [2.45, 2.75) is 12.3 Å². The Kier molecular flexibility index (Phi) is 6.56. The van der Waals surface area contributed by atoms with Crippen LogP contribution in [0.5, 0.6) is 23.0 Å². The van der Waals surface area contributed by atoms with Gasteiger partial charge in [0.2, 0.25) is 5.91 Å². The predicted molar refractivity (Wildman–Crippen MR) is 126 cm³/mol. The first-order chi connectivity index (χ1) is 16.0. The number of carbonyl (C=O) groups is 1. The zero-order chi connectivity index (χ0) is 23.5. The summed E-state index contributed by atoms with van der Waals surface area (Å²) in [6, 6.07) is 13.4. The third kappa shape index (κ3) is 4.14. The molecule has 9 heteroatoms. The van der Waals surface area contributed by atoms with Crippen molar-refractivity contribution < 1.29 is 23.7 Å². The minimum Gasteiger partial charge on any atom is -0.497 e. The summed E-state index contributed by atoms with van der Waals surface area (Å²) in [7, 11) is 6.37. The highest BCUT2D eigenvalue weighted by atomic mass is 32.2. The van der Waals surface area contributed by atoms with Gasteiger partial charge in [-0.05, 0) is 30.3 Å². The second kappa shape index (κ2) is 9.55. The first-order valence-electron chi connectivity index (χ1n) is 10.3. The third-order valence-electron chi connectivity index (χ3n) is 5.83. The van der Waals surface area contributed by atoms with Crippen LogP contribution in [0, 0.1) is 11.3 Å². The minimum absolute atomic E-state index is 0.0523. The van der Waals surface area contributed by atoms with Gasteiger partial charge in [0.1, 0.15) is 23.0 Å². The molecule has 1 saturated heterocycles. The van der Waals surface area contributed by atoms with E-state index in [1.54, 1.807) is 45.5 Å². The lowest BCUT2D eigenvalue weighted by atomic mass is 9.86. The maximum absolute atomic E-state index is 13.3. The highest BCUT2D eigenvalue weighted by Gasteiger charge is 2.39. The van der Waals surface area contributed by atoms with Crippen molar-refractivity contribution in [2.75, 3.05) is 45.9 Å². The van der Waals surface area contributed by atoms with Crippen molar-refractivity contribution >= 4 is 23.4 Å². The summed E-state index contributed by atoms with van der Waals surface area (Å²) >= 11 is 1.47. The molecule has 1 amide bonds. The molecular formula is C24H25N3O5S. The second-order valence-electron chi connectivity index (χ2n) is 7.51.